The predicted molar refractivity (Wildman–Crippen MR) is 122 cm³/mol. The third-order valence-electron chi connectivity index (χ3n) is 6.16. The number of likely N-dealkylation sites (N-methyl/N-ethyl adjacent to an activating group) is 1. The molecular weight excluding hydrogens is 410 g/mol. The highest BCUT2D eigenvalue weighted by Crippen LogP contribution is 2.44. The van der Waals surface area contributed by atoms with Crippen LogP contribution < -0.4 is 0 Å². The van der Waals surface area contributed by atoms with E-state index in [1.165, 1.54) is 0 Å². The molecule has 31 heavy (non-hydrogen) atoms. The van der Waals surface area contributed by atoms with Gasteiger partial charge in [-0.05, 0) is 44.2 Å². The van der Waals surface area contributed by atoms with E-state index < -0.39 is 0 Å². The zero-order chi connectivity index (χ0) is 21.4. The van der Waals surface area contributed by atoms with Crippen LogP contribution in [0.4, 0.5) is 0 Å². The third kappa shape index (κ3) is 4.23. The first-order valence-electron chi connectivity index (χ1n) is 10.8. The first kappa shape index (κ1) is 20.2. The Morgan fingerprint density at radius 2 is 1.68 bits per heavy atom. The lowest BCUT2D eigenvalue weighted by Gasteiger charge is -2.32. The lowest BCUT2D eigenvalue weighted by molar-refractivity contribution is -0.133. The maximum Gasteiger partial charge on any atom is 0.242 e. The van der Waals surface area contributed by atoms with Crippen molar-refractivity contribution >= 4 is 17.5 Å². The number of piperazine rings is 1. The lowest BCUT2D eigenvalue weighted by Crippen LogP contribution is -2.48. The molecule has 3 heterocycles. The quantitative estimate of drug-likeness (QED) is 0.609. The molecule has 2 fully saturated rings. The van der Waals surface area contributed by atoms with Crippen molar-refractivity contribution in [2.45, 2.75) is 25.3 Å². The van der Waals surface area contributed by atoms with Crippen LogP contribution in [-0.4, -0.2) is 63.5 Å². The molecule has 0 atom stereocenters. The Bertz CT molecular complexity index is 1070. The molecule has 0 radical (unpaired) electrons. The molecule has 2 aliphatic rings. The number of imidazole rings is 1. The van der Waals surface area contributed by atoms with E-state index in [0.29, 0.717) is 17.5 Å². The van der Waals surface area contributed by atoms with Gasteiger partial charge in [-0.1, -0.05) is 23.7 Å². The summed E-state index contributed by atoms with van der Waals surface area (Å²) in [6.45, 7) is 3.69. The van der Waals surface area contributed by atoms with Crippen molar-refractivity contribution in [2.24, 2.45) is 0 Å². The standard InChI is InChI=1S/C24H26ClN5O/c1-28-12-14-29(15-13-28)21(31)16-30-23(18-8-10-26-11-9-18)22(27-24(30)19-2-3-19)17-4-6-20(25)7-5-17/h4-11,19H,2-3,12-16H2,1H3. The first-order valence-corrected chi connectivity index (χ1v) is 11.2. The second-order valence-corrected chi connectivity index (χ2v) is 8.89. The molecule has 1 amide bonds. The fourth-order valence-corrected chi connectivity index (χ4v) is 4.31. The number of hydrogen-bond acceptors (Lipinski definition) is 4. The summed E-state index contributed by atoms with van der Waals surface area (Å²) in [5, 5.41) is 0.696. The van der Waals surface area contributed by atoms with Crippen LogP contribution in [0.25, 0.3) is 22.5 Å². The summed E-state index contributed by atoms with van der Waals surface area (Å²) < 4.78 is 2.15. The fraction of sp³-hybridized carbons (Fsp3) is 0.375. The highest BCUT2D eigenvalue weighted by atomic mass is 35.5. The summed E-state index contributed by atoms with van der Waals surface area (Å²) in [5.41, 5.74) is 3.90. The number of hydrogen-bond donors (Lipinski definition) is 0. The summed E-state index contributed by atoms with van der Waals surface area (Å²) in [4.78, 5) is 26.8. The van der Waals surface area contributed by atoms with Gasteiger partial charge in [0.2, 0.25) is 5.91 Å². The van der Waals surface area contributed by atoms with Gasteiger partial charge >= 0.3 is 0 Å². The monoisotopic (exact) mass is 435 g/mol. The zero-order valence-electron chi connectivity index (χ0n) is 17.7. The van der Waals surface area contributed by atoms with Crippen LogP contribution in [0.1, 0.15) is 24.6 Å². The summed E-state index contributed by atoms with van der Waals surface area (Å²) in [7, 11) is 2.10. The minimum absolute atomic E-state index is 0.158. The maximum atomic E-state index is 13.3. The van der Waals surface area contributed by atoms with E-state index in [1.54, 1.807) is 12.4 Å². The topological polar surface area (TPSA) is 54.3 Å². The zero-order valence-corrected chi connectivity index (χ0v) is 18.4. The van der Waals surface area contributed by atoms with Gasteiger partial charge in [0.05, 0.1) is 11.4 Å². The fourth-order valence-electron chi connectivity index (χ4n) is 4.19. The number of carbonyl (C=O) groups is 1. The molecule has 0 N–H and O–H groups in total. The minimum atomic E-state index is 0.158. The van der Waals surface area contributed by atoms with Crippen LogP contribution in [0.3, 0.4) is 0 Å². The summed E-state index contributed by atoms with van der Waals surface area (Å²) in [6.07, 6.45) is 5.82. The third-order valence-corrected chi connectivity index (χ3v) is 6.41. The predicted octanol–water partition coefficient (Wildman–Crippen LogP) is 3.92. The largest absolute Gasteiger partial charge is 0.339 e. The molecule has 5 rings (SSSR count). The number of rotatable bonds is 5. The number of amides is 1. The minimum Gasteiger partial charge on any atom is -0.339 e. The number of halogens is 1. The van der Waals surface area contributed by atoms with E-state index in [9.17, 15) is 4.79 Å². The van der Waals surface area contributed by atoms with E-state index in [1.807, 2.05) is 41.3 Å². The Morgan fingerprint density at radius 1 is 1.00 bits per heavy atom. The number of benzene rings is 1. The molecule has 1 aromatic carbocycles. The second-order valence-electron chi connectivity index (χ2n) is 8.45. The van der Waals surface area contributed by atoms with Crippen molar-refractivity contribution in [1.82, 2.24) is 24.3 Å². The molecule has 1 aliphatic heterocycles. The van der Waals surface area contributed by atoms with E-state index in [-0.39, 0.29) is 5.91 Å². The highest BCUT2D eigenvalue weighted by molar-refractivity contribution is 6.30. The van der Waals surface area contributed by atoms with E-state index in [0.717, 1.165) is 67.4 Å². The number of carbonyl (C=O) groups excluding carboxylic acids is 1. The molecule has 0 unspecified atom stereocenters. The van der Waals surface area contributed by atoms with Crippen LogP contribution in [0.5, 0.6) is 0 Å². The Balaban J connectivity index is 1.59. The van der Waals surface area contributed by atoms with Gasteiger partial charge in [-0.25, -0.2) is 4.98 Å². The molecule has 3 aromatic rings. The van der Waals surface area contributed by atoms with Gasteiger partial charge in [-0.15, -0.1) is 0 Å². The van der Waals surface area contributed by atoms with Crippen molar-refractivity contribution in [3.63, 3.8) is 0 Å². The van der Waals surface area contributed by atoms with Gasteiger partial charge in [0, 0.05) is 60.6 Å². The van der Waals surface area contributed by atoms with Gasteiger partial charge in [-0.2, -0.15) is 0 Å². The van der Waals surface area contributed by atoms with Crippen molar-refractivity contribution in [3.8, 4) is 22.5 Å². The van der Waals surface area contributed by atoms with Crippen molar-refractivity contribution in [3.05, 3.63) is 59.6 Å². The molecule has 0 bridgehead atoms. The molecule has 7 heteroatoms. The van der Waals surface area contributed by atoms with Gasteiger partial charge < -0.3 is 14.4 Å². The van der Waals surface area contributed by atoms with Crippen LogP contribution >= 0.6 is 11.6 Å². The van der Waals surface area contributed by atoms with E-state index in [4.69, 9.17) is 16.6 Å². The Hall–Kier alpha value is -2.70. The van der Waals surface area contributed by atoms with E-state index in [2.05, 4.69) is 21.5 Å². The van der Waals surface area contributed by atoms with Gasteiger partial charge in [0.25, 0.3) is 0 Å². The molecule has 1 saturated carbocycles. The number of pyridine rings is 1. The lowest BCUT2D eigenvalue weighted by atomic mass is 10.1. The first-order chi connectivity index (χ1) is 15.1. The highest BCUT2D eigenvalue weighted by Gasteiger charge is 2.33. The maximum absolute atomic E-state index is 13.3. The second kappa shape index (κ2) is 8.44. The molecule has 6 nitrogen and oxygen atoms in total. The van der Waals surface area contributed by atoms with Gasteiger partial charge in [0.15, 0.2) is 0 Å². The van der Waals surface area contributed by atoms with Crippen LogP contribution in [0, 0.1) is 0 Å². The Morgan fingerprint density at radius 3 is 2.32 bits per heavy atom. The van der Waals surface area contributed by atoms with Crippen LogP contribution in [0.15, 0.2) is 48.8 Å². The number of nitrogens with zero attached hydrogens (tertiary/aromatic N) is 5. The summed E-state index contributed by atoms with van der Waals surface area (Å²) >= 11 is 6.13. The molecule has 1 aliphatic carbocycles. The smallest absolute Gasteiger partial charge is 0.242 e. The number of aromatic nitrogens is 3. The average Bonchev–Trinajstić information content (AvgIpc) is 3.57. The summed E-state index contributed by atoms with van der Waals surface area (Å²) in [5.74, 6) is 1.59. The molecule has 0 spiro atoms. The van der Waals surface area contributed by atoms with Crippen molar-refractivity contribution < 1.29 is 4.79 Å². The molecule has 1 saturated heterocycles. The average molecular weight is 436 g/mol. The SMILES string of the molecule is CN1CCN(C(=O)Cn2c(C3CC3)nc(-c3ccc(Cl)cc3)c2-c2ccncc2)CC1. The normalized spacial score (nSPS) is 17.2. The Labute approximate surface area is 187 Å². The van der Waals surface area contributed by atoms with Gasteiger partial charge in [0.1, 0.15) is 12.4 Å². The van der Waals surface area contributed by atoms with Crippen molar-refractivity contribution in [1.29, 1.82) is 0 Å². The molecule has 2 aromatic heterocycles. The summed E-state index contributed by atoms with van der Waals surface area (Å²) in [6, 6.07) is 11.8. The van der Waals surface area contributed by atoms with E-state index >= 15 is 0 Å². The Kier molecular flexibility index (Phi) is 5.50. The van der Waals surface area contributed by atoms with Gasteiger partial charge in [-0.3, -0.25) is 9.78 Å². The molecular formula is C24H26ClN5O. The van der Waals surface area contributed by atoms with Crippen LogP contribution in [-0.2, 0) is 11.3 Å². The van der Waals surface area contributed by atoms with Crippen molar-refractivity contribution in [2.75, 3.05) is 33.2 Å². The van der Waals surface area contributed by atoms with Crippen LogP contribution in [0.2, 0.25) is 5.02 Å². The molecule has 160 valence electrons.